The van der Waals surface area contributed by atoms with E-state index in [0.717, 1.165) is 28.5 Å². The van der Waals surface area contributed by atoms with Crippen LogP contribution in [0.25, 0.3) is 0 Å². The van der Waals surface area contributed by atoms with Gasteiger partial charge in [0.15, 0.2) is 15.5 Å². The molecule has 1 saturated heterocycles. The van der Waals surface area contributed by atoms with Gasteiger partial charge in [0.1, 0.15) is 0 Å². The Morgan fingerprint density at radius 1 is 1.80 bits per heavy atom. The summed E-state index contributed by atoms with van der Waals surface area (Å²) >= 11 is 0. The predicted molar refractivity (Wildman–Crippen MR) is 72.2 cm³/mol. The summed E-state index contributed by atoms with van der Waals surface area (Å²) in [5.74, 6) is 0. The molecule has 1 aliphatic heterocycles. The molecule has 78 valence electrons. The highest BCUT2D eigenvalue weighted by molar-refractivity contribution is 8.40. The molecule has 3 nitrogen and oxygen atoms in total. The molecular formula is C9H12N2OP3+. The molecule has 1 aromatic heterocycles. The molecular weight excluding hydrogens is 245 g/mol. The van der Waals surface area contributed by atoms with E-state index in [0.29, 0.717) is 0 Å². The lowest BCUT2D eigenvalue weighted by Crippen LogP contribution is -2.27. The number of hydrogen-bond acceptors (Lipinski definition) is 2. The summed E-state index contributed by atoms with van der Waals surface area (Å²) in [5.41, 5.74) is 0.983. The van der Waals surface area contributed by atoms with E-state index < -0.39 is 0 Å². The van der Waals surface area contributed by atoms with Crippen molar-refractivity contribution >= 4 is 36.3 Å². The molecule has 15 heavy (non-hydrogen) atoms. The first-order valence-electron chi connectivity index (χ1n) is 4.59. The molecule has 0 aliphatic carbocycles. The smallest absolute Gasteiger partial charge is 0.268 e. The van der Waals surface area contributed by atoms with Crippen molar-refractivity contribution in [2.75, 3.05) is 0 Å². The molecule has 0 spiro atoms. The summed E-state index contributed by atoms with van der Waals surface area (Å²) < 4.78 is 1.45. The molecule has 0 radical (unpaired) electrons. The molecule has 2 rings (SSSR count). The average molecular weight is 257 g/mol. The van der Waals surface area contributed by atoms with Gasteiger partial charge in [-0.05, 0) is 20.2 Å². The van der Waals surface area contributed by atoms with Crippen LogP contribution in [0.2, 0.25) is 0 Å². The van der Waals surface area contributed by atoms with E-state index in [-0.39, 0.29) is 17.6 Å². The van der Waals surface area contributed by atoms with Crippen LogP contribution >= 0.6 is 23.7 Å². The van der Waals surface area contributed by atoms with Crippen molar-refractivity contribution in [2.45, 2.75) is 18.1 Å². The monoisotopic (exact) mass is 257 g/mol. The molecule has 0 saturated carbocycles. The third-order valence-electron chi connectivity index (χ3n) is 2.39. The Balaban J connectivity index is 2.51. The van der Waals surface area contributed by atoms with Crippen molar-refractivity contribution in [2.24, 2.45) is 0 Å². The van der Waals surface area contributed by atoms with Crippen LogP contribution in [0.4, 0.5) is 0 Å². The van der Waals surface area contributed by atoms with Crippen LogP contribution < -0.4 is 5.56 Å². The second-order valence-corrected chi connectivity index (χ2v) is 10.2. The maximum Gasteiger partial charge on any atom is 0.316 e. The van der Waals surface area contributed by atoms with E-state index in [9.17, 15) is 4.79 Å². The van der Waals surface area contributed by atoms with Gasteiger partial charge >= 0.3 is 4.76 Å². The maximum absolute atomic E-state index is 11.8. The van der Waals surface area contributed by atoms with Gasteiger partial charge in [0.2, 0.25) is 0 Å². The van der Waals surface area contributed by atoms with Crippen LogP contribution in [0.3, 0.4) is 0 Å². The molecule has 2 heterocycles. The molecule has 3 atom stereocenters. The standard InChI is InChI=1S/C9H12N2OP3/c1-4-7-5-8(12)11(10-6-7)9(13-2)14-15(9)3/h5-6,14H,2-4H2,1H3/q+1. The first-order chi connectivity index (χ1) is 7.14. The van der Waals surface area contributed by atoms with Crippen LogP contribution in [0.5, 0.6) is 0 Å². The van der Waals surface area contributed by atoms with Crippen LogP contribution in [0.15, 0.2) is 17.1 Å². The van der Waals surface area contributed by atoms with Crippen molar-refractivity contribution in [3.05, 3.63) is 28.2 Å². The van der Waals surface area contributed by atoms with Crippen LogP contribution in [-0.2, 0) is 11.2 Å². The van der Waals surface area contributed by atoms with Gasteiger partial charge in [-0.25, -0.2) is 0 Å². The van der Waals surface area contributed by atoms with E-state index >= 15 is 0 Å². The average Bonchev–Trinajstić information content (AvgIpc) is 2.90. The van der Waals surface area contributed by atoms with Gasteiger partial charge in [-0.2, -0.15) is 9.78 Å². The minimum Gasteiger partial charge on any atom is -0.268 e. The van der Waals surface area contributed by atoms with Gasteiger partial charge in [-0.15, -0.1) is 0 Å². The summed E-state index contributed by atoms with van der Waals surface area (Å²) in [6.45, 7) is 2.02. The lowest BCUT2D eigenvalue weighted by Gasteiger charge is -2.04. The van der Waals surface area contributed by atoms with Crippen molar-refractivity contribution in [3.8, 4) is 0 Å². The summed E-state index contributed by atoms with van der Waals surface area (Å²) in [7, 11) is 1.36. The minimum absolute atomic E-state index is 0.00773. The zero-order valence-corrected chi connectivity index (χ0v) is 11.3. The molecule has 3 unspecified atom stereocenters. The van der Waals surface area contributed by atoms with Crippen LogP contribution in [-0.4, -0.2) is 22.4 Å². The van der Waals surface area contributed by atoms with Gasteiger partial charge in [0.25, 0.3) is 5.56 Å². The fourth-order valence-corrected chi connectivity index (χ4v) is 8.08. The third-order valence-corrected chi connectivity index (χ3v) is 10.6. The molecule has 1 fully saturated rings. The van der Waals surface area contributed by atoms with Gasteiger partial charge in [0.05, 0.1) is 12.5 Å². The largest absolute Gasteiger partial charge is 0.316 e. The summed E-state index contributed by atoms with van der Waals surface area (Å²) in [5, 5.41) is 4.24. The van der Waals surface area contributed by atoms with Crippen molar-refractivity contribution < 1.29 is 0 Å². The Hall–Kier alpha value is -0.350. The SMILES string of the molecule is C=PC1(n2ncc(CC)cc2=O)P[P+]1=C. The highest BCUT2D eigenvalue weighted by atomic mass is 32.1. The maximum atomic E-state index is 11.8. The number of hydrogen-bond donors (Lipinski definition) is 0. The molecule has 0 aromatic carbocycles. The lowest BCUT2D eigenvalue weighted by atomic mass is 10.2. The topological polar surface area (TPSA) is 34.9 Å². The van der Waals surface area contributed by atoms with E-state index in [1.165, 1.54) is 0 Å². The second-order valence-electron chi connectivity index (χ2n) is 3.30. The van der Waals surface area contributed by atoms with E-state index in [1.54, 1.807) is 16.9 Å². The summed E-state index contributed by atoms with van der Waals surface area (Å²) in [6.07, 6.45) is 10.6. The Bertz CT molecular complexity index is 496. The van der Waals surface area contributed by atoms with Gasteiger partial charge in [-0.1, -0.05) is 13.2 Å². The highest BCUT2D eigenvalue weighted by Gasteiger charge is 2.64. The number of nitrogens with zero attached hydrogens (tertiary/aromatic N) is 2. The molecule has 0 amide bonds. The van der Waals surface area contributed by atoms with E-state index in [4.69, 9.17) is 0 Å². The predicted octanol–water partition coefficient (Wildman–Crippen LogP) is 2.27. The molecule has 0 N–H and O–H groups in total. The summed E-state index contributed by atoms with van der Waals surface area (Å²) in [6, 6.07) is 1.67. The zero-order valence-electron chi connectivity index (χ0n) is 8.47. The fraction of sp³-hybridized carbons (Fsp3) is 0.333. The Morgan fingerprint density at radius 3 is 2.87 bits per heavy atom. The minimum atomic E-state index is -0.321. The van der Waals surface area contributed by atoms with E-state index in [1.807, 2.05) is 6.92 Å². The van der Waals surface area contributed by atoms with Crippen LogP contribution in [0, 0.1) is 0 Å². The van der Waals surface area contributed by atoms with Crippen molar-refractivity contribution in [1.29, 1.82) is 0 Å². The van der Waals surface area contributed by atoms with Crippen molar-refractivity contribution in [3.63, 3.8) is 0 Å². The highest BCUT2D eigenvalue weighted by Crippen LogP contribution is 2.90. The zero-order chi connectivity index (χ0) is 11.1. The van der Waals surface area contributed by atoms with Gasteiger partial charge in [-0.3, -0.25) is 4.79 Å². The second kappa shape index (κ2) is 3.91. The normalized spacial score (nSPS) is 28.5. The third kappa shape index (κ3) is 1.74. The van der Waals surface area contributed by atoms with Gasteiger partial charge < -0.3 is 0 Å². The van der Waals surface area contributed by atoms with E-state index in [2.05, 4.69) is 17.7 Å². The Kier molecular flexibility index (Phi) is 2.90. The first kappa shape index (κ1) is 11.1. The van der Waals surface area contributed by atoms with Gasteiger partial charge in [0, 0.05) is 6.07 Å². The first-order valence-corrected chi connectivity index (χ1v) is 9.04. The van der Waals surface area contributed by atoms with Crippen molar-refractivity contribution in [1.82, 2.24) is 9.78 Å². The quantitative estimate of drug-likeness (QED) is 0.778. The lowest BCUT2D eigenvalue weighted by molar-refractivity contribution is 0.651. The Morgan fingerprint density at radius 2 is 2.47 bits per heavy atom. The number of rotatable bonds is 3. The summed E-state index contributed by atoms with van der Waals surface area (Å²) in [4.78, 5) is 11.8. The molecule has 1 aliphatic rings. The van der Waals surface area contributed by atoms with Crippen LogP contribution in [0.1, 0.15) is 12.5 Å². The number of aromatic nitrogens is 2. The number of aryl methyl sites for hydroxylation is 1. The fourth-order valence-electron chi connectivity index (χ4n) is 1.38. The Labute approximate surface area is 92.8 Å². The molecule has 0 bridgehead atoms. The molecule has 6 heteroatoms. The molecule has 1 aromatic rings.